The number of rotatable bonds is 10. The second kappa shape index (κ2) is 11.3. The fraction of sp³-hybridized carbons (Fsp3) is 0.500. The van der Waals surface area contributed by atoms with Crippen LogP contribution in [0, 0.1) is 13.8 Å². The molecule has 34 heavy (non-hydrogen) atoms. The van der Waals surface area contributed by atoms with Crippen LogP contribution in [-0.4, -0.2) is 87.0 Å². The number of esters is 1. The Morgan fingerprint density at radius 1 is 1.12 bits per heavy atom. The van der Waals surface area contributed by atoms with Gasteiger partial charge in [-0.1, -0.05) is 18.2 Å². The van der Waals surface area contributed by atoms with Gasteiger partial charge in [-0.3, -0.25) is 9.69 Å². The second-order valence-corrected chi connectivity index (χ2v) is 10.1. The Morgan fingerprint density at radius 2 is 1.76 bits per heavy atom. The number of hydrogen-bond donors (Lipinski definition) is 0. The fourth-order valence-electron chi connectivity index (χ4n) is 4.40. The SMILES string of the molecule is CCn1c(C)c(C(=O)CN(CCN2CCOCC2)S(=O)(=O)c2ccccc2)c(C)c1C(=O)OC. The molecular weight excluding hydrogens is 458 g/mol. The van der Waals surface area contributed by atoms with Gasteiger partial charge in [0.2, 0.25) is 10.0 Å². The van der Waals surface area contributed by atoms with Crippen molar-refractivity contribution in [3.8, 4) is 0 Å². The van der Waals surface area contributed by atoms with Crippen LogP contribution < -0.4 is 0 Å². The van der Waals surface area contributed by atoms with Crippen LogP contribution >= 0.6 is 0 Å². The highest BCUT2D eigenvalue weighted by molar-refractivity contribution is 7.89. The summed E-state index contributed by atoms with van der Waals surface area (Å²) in [4.78, 5) is 28.1. The van der Waals surface area contributed by atoms with Gasteiger partial charge in [0.15, 0.2) is 5.78 Å². The Labute approximate surface area is 201 Å². The molecule has 0 radical (unpaired) electrons. The van der Waals surface area contributed by atoms with Gasteiger partial charge >= 0.3 is 5.97 Å². The molecule has 2 aromatic rings. The third kappa shape index (κ3) is 5.41. The van der Waals surface area contributed by atoms with Crippen molar-refractivity contribution in [2.24, 2.45) is 0 Å². The fourth-order valence-corrected chi connectivity index (χ4v) is 5.81. The molecule has 3 rings (SSSR count). The van der Waals surface area contributed by atoms with Crippen LogP contribution in [-0.2, 0) is 26.0 Å². The van der Waals surface area contributed by atoms with Crippen LogP contribution in [0.25, 0.3) is 0 Å². The summed E-state index contributed by atoms with van der Waals surface area (Å²) in [6.45, 7) is 8.78. The molecule has 2 heterocycles. The number of Topliss-reactive ketones (excluding diaryl/α,β-unsaturated/α-hetero) is 1. The number of benzene rings is 1. The van der Waals surface area contributed by atoms with Gasteiger partial charge in [0.1, 0.15) is 5.69 Å². The van der Waals surface area contributed by atoms with Crippen molar-refractivity contribution in [1.82, 2.24) is 13.8 Å². The quantitative estimate of drug-likeness (QED) is 0.371. The number of carbonyl (C=O) groups excluding carboxylic acids is 2. The number of morpholine rings is 1. The molecule has 0 saturated carbocycles. The first kappa shape index (κ1) is 26.1. The van der Waals surface area contributed by atoms with E-state index in [0.717, 1.165) is 0 Å². The Hall–Kier alpha value is -2.53. The topological polar surface area (TPSA) is 98.2 Å². The van der Waals surface area contributed by atoms with Crippen LogP contribution in [0.3, 0.4) is 0 Å². The molecule has 0 spiro atoms. The summed E-state index contributed by atoms with van der Waals surface area (Å²) in [6.07, 6.45) is 0. The monoisotopic (exact) mass is 491 g/mol. The van der Waals surface area contributed by atoms with E-state index >= 15 is 0 Å². The first-order valence-corrected chi connectivity index (χ1v) is 12.8. The van der Waals surface area contributed by atoms with Crippen molar-refractivity contribution in [2.75, 3.05) is 53.0 Å². The molecule has 1 fully saturated rings. The molecule has 0 atom stereocenters. The summed E-state index contributed by atoms with van der Waals surface area (Å²) in [5.74, 6) is -0.878. The molecule has 0 unspecified atom stereocenters. The number of ether oxygens (including phenoxy) is 2. The van der Waals surface area contributed by atoms with Gasteiger partial charge in [-0.25, -0.2) is 13.2 Å². The molecule has 0 aliphatic carbocycles. The predicted molar refractivity (Wildman–Crippen MR) is 128 cm³/mol. The highest BCUT2D eigenvalue weighted by Gasteiger charge is 2.31. The maximum Gasteiger partial charge on any atom is 0.354 e. The van der Waals surface area contributed by atoms with Crippen molar-refractivity contribution < 1.29 is 27.5 Å². The number of methoxy groups -OCH3 is 1. The maximum atomic E-state index is 13.5. The lowest BCUT2D eigenvalue weighted by Crippen LogP contribution is -2.44. The molecule has 0 bridgehead atoms. The lowest BCUT2D eigenvalue weighted by atomic mass is 10.1. The Bertz CT molecular complexity index is 1120. The molecule has 1 saturated heterocycles. The summed E-state index contributed by atoms with van der Waals surface area (Å²) >= 11 is 0. The largest absolute Gasteiger partial charge is 0.464 e. The average Bonchev–Trinajstić information content (AvgIpc) is 3.11. The molecule has 1 aromatic carbocycles. The van der Waals surface area contributed by atoms with E-state index in [-0.39, 0.29) is 23.8 Å². The molecule has 1 aromatic heterocycles. The zero-order chi connectivity index (χ0) is 24.9. The van der Waals surface area contributed by atoms with Gasteiger partial charge in [-0.2, -0.15) is 4.31 Å². The molecular formula is C24H33N3O6S. The van der Waals surface area contributed by atoms with E-state index in [1.54, 1.807) is 36.6 Å². The number of aromatic nitrogens is 1. The van der Waals surface area contributed by atoms with Gasteiger partial charge in [-0.15, -0.1) is 0 Å². The number of carbonyl (C=O) groups is 2. The van der Waals surface area contributed by atoms with E-state index in [0.29, 0.717) is 61.9 Å². The van der Waals surface area contributed by atoms with E-state index in [4.69, 9.17) is 9.47 Å². The van der Waals surface area contributed by atoms with Crippen LogP contribution in [0.5, 0.6) is 0 Å². The number of hydrogen-bond acceptors (Lipinski definition) is 7. The van der Waals surface area contributed by atoms with E-state index < -0.39 is 16.0 Å². The van der Waals surface area contributed by atoms with Crippen LogP contribution in [0.1, 0.15) is 39.0 Å². The third-order valence-corrected chi connectivity index (χ3v) is 8.07. The van der Waals surface area contributed by atoms with Crippen molar-refractivity contribution in [1.29, 1.82) is 0 Å². The van der Waals surface area contributed by atoms with Gasteiger partial charge in [0, 0.05) is 44.0 Å². The summed E-state index contributed by atoms with van der Waals surface area (Å²) < 4.78 is 40.2. The number of nitrogens with zero attached hydrogens (tertiary/aromatic N) is 3. The summed E-state index contributed by atoms with van der Waals surface area (Å²) in [5.41, 5.74) is 1.80. The average molecular weight is 492 g/mol. The van der Waals surface area contributed by atoms with Gasteiger partial charge < -0.3 is 14.0 Å². The molecule has 10 heteroatoms. The highest BCUT2D eigenvalue weighted by Crippen LogP contribution is 2.25. The number of ketones is 1. The normalized spacial score (nSPS) is 15.0. The smallest absolute Gasteiger partial charge is 0.354 e. The van der Waals surface area contributed by atoms with Crippen molar-refractivity contribution >= 4 is 21.8 Å². The Balaban J connectivity index is 1.94. The van der Waals surface area contributed by atoms with Crippen LogP contribution in [0.15, 0.2) is 35.2 Å². The lowest BCUT2D eigenvalue weighted by Gasteiger charge is -2.29. The van der Waals surface area contributed by atoms with E-state index in [9.17, 15) is 18.0 Å². The van der Waals surface area contributed by atoms with Crippen LogP contribution in [0.2, 0.25) is 0 Å². The van der Waals surface area contributed by atoms with Gasteiger partial charge in [0.25, 0.3) is 0 Å². The molecule has 0 N–H and O–H groups in total. The first-order valence-electron chi connectivity index (χ1n) is 11.4. The lowest BCUT2D eigenvalue weighted by molar-refractivity contribution is 0.0362. The zero-order valence-corrected chi connectivity index (χ0v) is 21.1. The minimum absolute atomic E-state index is 0.139. The third-order valence-electron chi connectivity index (χ3n) is 6.21. The molecule has 0 amide bonds. The summed E-state index contributed by atoms with van der Waals surface area (Å²) in [5, 5.41) is 0. The van der Waals surface area contributed by atoms with Crippen molar-refractivity contribution in [3.63, 3.8) is 0 Å². The minimum atomic E-state index is -3.90. The van der Waals surface area contributed by atoms with Gasteiger partial charge in [-0.05, 0) is 38.5 Å². The van der Waals surface area contributed by atoms with Crippen molar-refractivity contribution in [2.45, 2.75) is 32.2 Å². The molecule has 1 aliphatic rings. The van der Waals surface area contributed by atoms with E-state index in [2.05, 4.69) is 4.90 Å². The molecule has 186 valence electrons. The first-order chi connectivity index (χ1) is 16.2. The maximum absolute atomic E-state index is 13.5. The Kier molecular flexibility index (Phi) is 8.64. The highest BCUT2D eigenvalue weighted by atomic mass is 32.2. The molecule has 9 nitrogen and oxygen atoms in total. The standard InChI is InChI=1S/C24H33N3O6S/c1-5-27-19(3)22(18(2)23(27)24(29)32-4)21(28)17-26(12-11-25-13-15-33-16-14-25)34(30,31)20-9-7-6-8-10-20/h6-10H,5,11-17H2,1-4H3. The summed E-state index contributed by atoms with van der Waals surface area (Å²) in [7, 11) is -2.61. The number of sulfonamides is 1. The zero-order valence-electron chi connectivity index (χ0n) is 20.2. The van der Waals surface area contributed by atoms with E-state index in [1.165, 1.54) is 23.5 Å². The van der Waals surface area contributed by atoms with Crippen molar-refractivity contribution in [3.05, 3.63) is 52.8 Å². The second-order valence-electron chi connectivity index (χ2n) is 8.20. The minimum Gasteiger partial charge on any atom is -0.464 e. The van der Waals surface area contributed by atoms with Gasteiger partial charge in [0.05, 0.1) is 31.8 Å². The summed E-state index contributed by atoms with van der Waals surface area (Å²) in [6, 6.07) is 8.12. The molecule has 1 aliphatic heterocycles. The Morgan fingerprint density at radius 3 is 2.35 bits per heavy atom. The van der Waals surface area contributed by atoms with Crippen LogP contribution in [0.4, 0.5) is 0 Å². The predicted octanol–water partition coefficient (Wildman–Crippen LogP) is 2.12. The van der Waals surface area contributed by atoms with E-state index in [1.807, 2.05) is 6.92 Å².